The highest BCUT2D eigenvalue weighted by Crippen LogP contribution is 2.23. The first-order valence-electron chi connectivity index (χ1n) is 9.92. The second-order valence-electron chi connectivity index (χ2n) is 7.42. The number of anilines is 2. The van der Waals surface area contributed by atoms with Crippen LogP contribution in [-0.2, 0) is 4.79 Å². The van der Waals surface area contributed by atoms with Gasteiger partial charge in [0, 0.05) is 16.9 Å². The third-order valence-electron chi connectivity index (χ3n) is 4.65. The van der Waals surface area contributed by atoms with E-state index in [0.29, 0.717) is 17.2 Å². The van der Waals surface area contributed by atoms with Crippen molar-refractivity contribution < 1.29 is 14.3 Å². The summed E-state index contributed by atoms with van der Waals surface area (Å²) in [5, 5.41) is 5.75. The molecule has 5 nitrogen and oxygen atoms in total. The molecule has 0 atom stereocenters. The third-order valence-corrected chi connectivity index (χ3v) is 4.65. The maximum Gasteiger partial charge on any atom is 0.262 e. The molecule has 3 aromatic carbocycles. The standard InChI is InChI=1S/C25H26N2O3/c1-17(2)22-6-4-5-7-23(22)27-24(28)16-30-21-14-10-19(11-15-21)25(29)26-20-12-8-18(3)9-13-20/h4-15,17H,16H2,1-3H3,(H,26,29)(H,27,28). The van der Waals surface area contributed by atoms with Gasteiger partial charge < -0.3 is 15.4 Å². The van der Waals surface area contributed by atoms with Crippen LogP contribution in [0, 0.1) is 6.92 Å². The Balaban J connectivity index is 1.53. The molecule has 0 saturated heterocycles. The number of nitrogens with one attached hydrogen (secondary N) is 2. The van der Waals surface area contributed by atoms with E-state index in [2.05, 4.69) is 24.5 Å². The van der Waals surface area contributed by atoms with Crippen molar-refractivity contribution in [3.05, 3.63) is 89.5 Å². The Bertz CT molecular complexity index is 1010. The average molecular weight is 402 g/mol. The summed E-state index contributed by atoms with van der Waals surface area (Å²) in [6.45, 7) is 6.05. The number of para-hydroxylation sites is 1. The van der Waals surface area contributed by atoms with Crippen LogP contribution < -0.4 is 15.4 Å². The number of benzene rings is 3. The monoisotopic (exact) mass is 402 g/mol. The smallest absolute Gasteiger partial charge is 0.262 e. The number of rotatable bonds is 7. The highest BCUT2D eigenvalue weighted by atomic mass is 16.5. The normalized spacial score (nSPS) is 10.5. The number of hydrogen-bond donors (Lipinski definition) is 2. The molecule has 0 aromatic heterocycles. The van der Waals surface area contributed by atoms with Crippen LogP contribution in [0.5, 0.6) is 5.75 Å². The fourth-order valence-corrected chi connectivity index (χ4v) is 2.99. The summed E-state index contributed by atoms with van der Waals surface area (Å²) < 4.78 is 5.56. The Morgan fingerprint density at radius 1 is 0.867 bits per heavy atom. The molecule has 0 unspecified atom stereocenters. The minimum absolute atomic E-state index is 0.110. The lowest BCUT2D eigenvalue weighted by atomic mass is 10.0. The van der Waals surface area contributed by atoms with Crippen molar-refractivity contribution in [2.75, 3.05) is 17.2 Å². The molecule has 0 aliphatic heterocycles. The summed E-state index contributed by atoms with van der Waals surface area (Å²) in [5.74, 6) is 0.396. The second kappa shape index (κ2) is 9.74. The first-order valence-corrected chi connectivity index (χ1v) is 9.92. The maximum absolute atomic E-state index is 12.4. The second-order valence-corrected chi connectivity index (χ2v) is 7.42. The molecule has 0 fully saturated rings. The molecule has 154 valence electrons. The lowest BCUT2D eigenvalue weighted by molar-refractivity contribution is -0.118. The number of carbonyl (C=O) groups is 2. The zero-order chi connectivity index (χ0) is 21.5. The third kappa shape index (κ3) is 5.70. The molecule has 0 radical (unpaired) electrons. The van der Waals surface area contributed by atoms with E-state index >= 15 is 0 Å². The minimum atomic E-state index is -0.232. The van der Waals surface area contributed by atoms with Crippen LogP contribution in [0.15, 0.2) is 72.8 Å². The van der Waals surface area contributed by atoms with Crippen molar-refractivity contribution in [2.24, 2.45) is 0 Å². The fraction of sp³-hybridized carbons (Fsp3) is 0.200. The maximum atomic E-state index is 12.4. The van der Waals surface area contributed by atoms with Crippen molar-refractivity contribution in [3.8, 4) is 5.75 Å². The van der Waals surface area contributed by atoms with Gasteiger partial charge in [-0.15, -0.1) is 0 Å². The summed E-state index contributed by atoms with van der Waals surface area (Å²) in [6, 6.07) is 22.0. The lowest BCUT2D eigenvalue weighted by Gasteiger charge is -2.14. The van der Waals surface area contributed by atoms with Crippen LogP contribution in [0.25, 0.3) is 0 Å². The van der Waals surface area contributed by atoms with Gasteiger partial charge in [-0.05, 0) is 60.9 Å². The zero-order valence-corrected chi connectivity index (χ0v) is 17.4. The van der Waals surface area contributed by atoms with E-state index in [1.54, 1.807) is 24.3 Å². The molecule has 3 aromatic rings. The number of ether oxygens (including phenoxy) is 1. The van der Waals surface area contributed by atoms with Gasteiger partial charge in [-0.3, -0.25) is 9.59 Å². The van der Waals surface area contributed by atoms with E-state index in [1.807, 2.05) is 55.5 Å². The largest absolute Gasteiger partial charge is 0.484 e. The Morgan fingerprint density at radius 3 is 2.20 bits per heavy atom. The molecule has 0 heterocycles. The van der Waals surface area contributed by atoms with E-state index in [9.17, 15) is 9.59 Å². The molecule has 0 aliphatic rings. The topological polar surface area (TPSA) is 67.4 Å². The minimum Gasteiger partial charge on any atom is -0.484 e. The summed E-state index contributed by atoms with van der Waals surface area (Å²) in [4.78, 5) is 24.6. The quantitative estimate of drug-likeness (QED) is 0.557. The van der Waals surface area contributed by atoms with Gasteiger partial charge in [0.25, 0.3) is 11.8 Å². The summed E-state index contributed by atoms with van der Waals surface area (Å²) in [6.07, 6.45) is 0. The van der Waals surface area contributed by atoms with E-state index in [-0.39, 0.29) is 18.4 Å². The molecule has 0 aliphatic carbocycles. The molecule has 2 amide bonds. The van der Waals surface area contributed by atoms with E-state index < -0.39 is 0 Å². The summed E-state index contributed by atoms with van der Waals surface area (Å²) >= 11 is 0. The molecule has 2 N–H and O–H groups in total. The summed E-state index contributed by atoms with van der Waals surface area (Å²) in [7, 11) is 0. The average Bonchev–Trinajstić information content (AvgIpc) is 2.74. The van der Waals surface area contributed by atoms with Crippen molar-refractivity contribution in [3.63, 3.8) is 0 Å². The molecule has 3 rings (SSSR count). The van der Waals surface area contributed by atoms with Crippen LogP contribution in [0.3, 0.4) is 0 Å². The van der Waals surface area contributed by atoms with Crippen LogP contribution in [0.1, 0.15) is 41.3 Å². The summed E-state index contributed by atoms with van der Waals surface area (Å²) in [5.41, 5.74) is 4.26. The van der Waals surface area contributed by atoms with E-state index in [0.717, 1.165) is 22.5 Å². The number of amides is 2. The van der Waals surface area contributed by atoms with Crippen LogP contribution in [0.2, 0.25) is 0 Å². The fourth-order valence-electron chi connectivity index (χ4n) is 2.99. The SMILES string of the molecule is Cc1ccc(NC(=O)c2ccc(OCC(=O)Nc3ccccc3C(C)C)cc2)cc1. The molecule has 0 saturated carbocycles. The van der Waals surface area contributed by atoms with Gasteiger partial charge >= 0.3 is 0 Å². The van der Waals surface area contributed by atoms with Gasteiger partial charge in [0.2, 0.25) is 0 Å². The van der Waals surface area contributed by atoms with Gasteiger partial charge in [-0.25, -0.2) is 0 Å². The highest BCUT2D eigenvalue weighted by molar-refractivity contribution is 6.04. The van der Waals surface area contributed by atoms with Crippen molar-refractivity contribution in [1.29, 1.82) is 0 Å². The van der Waals surface area contributed by atoms with E-state index in [1.165, 1.54) is 0 Å². The van der Waals surface area contributed by atoms with Crippen LogP contribution >= 0.6 is 0 Å². The predicted octanol–water partition coefficient (Wildman–Crippen LogP) is 5.39. The molecular weight excluding hydrogens is 376 g/mol. The first-order chi connectivity index (χ1) is 14.4. The van der Waals surface area contributed by atoms with Gasteiger partial charge in [0.15, 0.2) is 6.61 Å². The zero-order valence-electron chi connectivity index (χ0n) is 17.4. The van der Waals surface area contributed by atoms with Crippen LogP contribution in [-0.4, -0.2) is 18.4 Å². The van der Waals surface area contributed by atoms with Gasteiger partial charge in [-0.1, -0.05) is 49.7 Å². The molecule has 30 heavy (non-hydrogen) atoms. The van der Waals surface area contributed by atoms with Gasteiger partial charge in [0.05, 0.1) is 0 Å². The molecule has 5 heteroatoms. The highest BCUT2D eigenvalue weighted by Gasteiger charge is 2.10. The lowest BCUT2D eigenvalue weighted by Crippen LogP contribution is -2.21. The first kappa shape index (κ1) is 21.1. The van der Waals surface area contributed by atoms with Crippen LogP contribution in [0.4, 0.5) is 11.4 Å². The molecule has 0 bridgehead atoms. The Hall–Kier alpha value is -3.60. The van der Waals surface area contributed by atoms with Gasteiger partial charge in [0.1, 0.15) is 5.75 Å². The van der Waals surface area contributed by atoms with Crippen molar-refractivity contribution in [2.45, 2.75) is 26.7 Å². The van der Waals surface area contributed by atoms with Crippen molar-refractivity contribution in [1.82, 2.24) is 0 Å². The number of aryl methyl sites for hydroxylation is 1. The van der Waals surface area contributed by atoms with E-state index in [4.69, 9.17) is 4.74 Å². The Morgan fingerprint density at radius 2 is 1.53 bits per heavy atom. The Kier molecular flexibility index (Phi) is 6.86. The van der Waals surface area contributed by atoms with Gasteiger partial charge in [-0.2, -0.15) is 0 Å². The molecular formula is C25H26N2O3. The Labute approximate surface area is 177 Å². The number of hydrogen-bond acceptors (Lipinski definition) is 3. The predicted molar refractivity (Wildman–Crippen MR) is 120 cm³/mol. The van der Waals surface area contributed by atoms with Crippen molar-refractivity contribution >= 4 is 23.2 Å². The number of carbonyl (C=O) groups excluding carboxylic acids is 2. The molecule has 0 spiro atoms.